The molecule has 0 aliphatic carbocycles. The third-order valence-corrected chi connectivity index (χ3v) is 5.07. The summed E-state index contributed by atoms with van der Waals surface area (Å²) >= 11 is 0. The summed E-state index contributed by atoms with van der Waals surface area (Å²) < 4.78 is 18.7. The molecule has 36 heavy (non-hydrogen) atoms. The lowest BCUT2D eigenvalue weighted by Crippen LogP contribution is -2.54. The standard InChI is InChI=1S/C23H30FN5O7/c1-13(2)8-17(27-22(34)19(31)16(25)9-14-6-4-3-5-7-14)21(33)26-10-18(30)36-12-29-11-15(24)20(32)28-23(29)35/h3-7,11,13,16-17,19,31H,8-10,12,25H2,1-2H3,(H,26,33)(H,27,34)(H,28,32,35)/t16-,17+,19+/m1/s1. The Balaban J connectivity index is 1.91. The molecule has 2 amide bonds. The number of aromatic nitrogens is 2. The number of rotatable bonds is 12. The van der Waals surface area contributed by atoms with Gasteiger partial charge in [0.05, 0.1) is 6.20 Å². The number of nitrogens with zero attached hydrogens (tertiary/aromatic N) is 1. The Morgan fingerprint density at radius 2 is 1.83 bits per heavy atom. The van der Waals surface area contributed by atoms with Crippen LogP contribution in [-0.2, 0) is 32.3 Å². The van der Waals surface area contributed by atoms with Gasteiger partial charge in [0.2, 0.25) is 11.7 Å². The van der Waals surface area contributed by atoms with Crippen LogP contribution >= 0.6 is 0 Å². The van der Waals surface area contributed by atoms with Crippen LogP contribution in [0.1, 0.15) is 25.8 Å². The maximum Gasteiger partial charge on any atom is 0.331 e. The molecule has 13 heteroatoms. The topological polar surface area (TPSA) is 186 Å². The Morgan fingerprint density at radius 1 is 1.17 bits per heavy atom. The molecule has 3 atom stereocenters. The van der Waals surface area contributed by atoms with Gasteiger partial charge in [-0.2, -0.15) is 4.39 Å². The zero-order valence-electron chi connectivity index (χ0n) is 19.9. The molecule has 0 fully saturated rings. The van der Waals surface area contributed by atoms with Crippen molar-refractivity contribution in [3.8, 4) is 0 Å². The van der Waals surface area contributed by atoms with E-state index in [9.17, 15) is 33.5 Å². The number of benzene rings is 1. The van der Waals surface area contributed by atoms with E-state index in [1.165, 1.54) is 0 Å². The first-order valence-electron chi connectivity index (χ1n) is 11.2. The molecule has 0 radical (unpaired) electrons. The molecule has 0 aliphatic rings. The van der Waals surface area contributed by atoms with Gasteiger partial charge in [0.1, 0.15) is 18.7 Å². The number of esters is 1. The summed E-state index contributed by atoms with van der Waals surface area (Å²) in [7, 11) is 0. The highest BCUT2D eigenvalue weighted by atomic mass is 19.1. The Hall–Kier alpha value is -3.84. The molecule has 6 N–H and O–H groups in total. The first-order valence-corrected chi connectivity index (χ1v) is 11.2. The molecule has 0 aliphatic heterocycles. The molecule has 196 valence electrons. The maximum atomic E-state index is 13.3. The van der Waals surface area contributed by atoms with E-state index in [1.807, 2.05) is 32.0 Å². The van der Waals surface area contributed by atoms with Crippen LogP contribution in [0.4, 0.5) is 4.39 Å². The minimum atomic E-state index is -1.58. The van der Waals surface area contributed by atoms with E-state index in [0.29, 0.717) is 10.8 Å². The predicted octanol–water partition coefficient (Wildman–Crippen LogP) is -1.25. The van der Waals surface area contributed by atoms with Crippen molar-refractivity contribution in [2.45, 2.75) is 51.6 Å². The zero-order valence-corrected chi connectivity index (χ0v) is 19.9. The van der Waals surface area contributed by atoms with Crippen LogP contribution < -0.4 is 27.6 Å². The van der Waals surface area contributed by atoms with E-state index < -0.39 is 66.3 Å². The van der Waals surface area contributed by atoms with Gasteiger partial charge in [0.15, 0.2) is 6.73 Å². The van der Waals surface area contributed by atoms with Gasteiger partial charge in [0.25, 0.3) is 11.5 Å². The second kappa shape index (κ2) is 13.3. The van der Waals surface area contributed by atoms with E-state index in [0.717, 1.165) is 5.56 Å². The molecular weight excluding hydrogens is 477 g/mol. The highest BCUT2D eigenvalue weighted by Crippen LogP contribution is 2.08. The first-order chi connectivity index (χ1) is 17.0. The second-order valence-corrected chi connectivity index (χ2v) is 8.56. The number of aliphatic hydroxyl groups excluding tert-OH is 1. The number of H-pyrrole nitrogens is 1. The Labute approximate surface area is 205 Å². The van der Waals surface area contributed by atoms with Crippen LogP contribution in [0.15, 0.2) is 46.1 Å². The number of carbonyl (C=O) groups is 3. The molecule has 0 saturated carbocycles. The second-order valence-electron chi connectivity index (χ2n) is 8.56. The summed E-state index contributed by atoms with van der Waals surface area (Å²) in [4.78, 5) is 61.5. The third kappa shape index (κ3) is 8.74. The quantitative estimate of drug-likeness (QED) is 0.221. The smallest absolute Gasteiger partial charge is 0.331 e. The molecule has 0 unspecified atom stereocenters. The van der Waals surface area contributed by atoms with E-state index in [2.05, 4.69) is 10.6 Å². The Kier molecular flexibility index (Phi) is 10.5. The normalized spacial score (nSPS) is 13.5. The monoisotopic (exact) mass is 507 g/mol. The highest BCUT2D eigenvalue weighted by Gasteiger charge is 2.29. The lowest BCUT2D eigenvalue weighted by Gasteiger charge is -2.24. The van der Waals surface area contributed by atoms with Crippen LogP contribution in [0.2, 0.25) is 0 Å². The van der Waals surface area contributed by atoms with Crippen molar-refractivity contribution in [3.63, 3.8) is 0 Å². The third-order valence-electron chi connectivity index (χ3n) is 5.07. The average Bonchev–Trinajstić information content (AvgIpc) is 2.83. The van der Waals surface area contributed by atoms with E-state index in [-0.39, 0.29) is 18.8 Å². The Bertz CT molecular complexity index is 1170. The van der Waals surface area contributed by atoms with Gasteiger partial charge in [-0.15, -0.1) is 0 Å². The van der Waals surface area contributed by atoms with Crippen LogP contribution in [0, 0.1) is 11.7 Å². The van der Waals surface area contributed by atoms with E-state index in [4.69, 9.17) is 10.5 Å². The van der Waals surface area contributed by atoms with Crippen LogP contribution in [0.5, 0.6) is 0 Å². The van der Waals surface area contributed by atoms with Gasteiger partial charge in [-0.05, 0) is 24.3 Å². The molecule has 2 aromatic rings. The van der Waals surface area contributed by atoms with Crippen molar-refractivity contribution in [3.05, 3.63) is 68.7 Å². The number of nitrogens with two attached hydrogens (primary N) is 1. The van der Waals surface area contributed by atoms with Gasteiger partial charge in [-0.1, -0.05) is 44.2 Å². The van der Waals surface area contributed by atoms with Crippen molar-refractivity contribution in [1.29, 1.82) is 0 Å². The number of hydrogen-bond donors (Lipinski definition) is 5. The first kappa shape index (κ1) is 28.4. The summed E-state index contributed by atoms with van der Waals surface area (Å²) in [6, 6.07) is 7.07. The number of hydrogen-bond acceptors (Lipinski definition) is 8. The fourth-order valence-corrected chi connectivity index (χ4v) is 3.21. The molecular formula is C23H30FN5O7. The van der Waals surface area contributed by atoms with Crippen molar-refractivity contribution in [1.82, 2.24) is 20.2 Å². The summed E-state index contributed by atoms with van der Waals surface area (Å²) in [6.07, 6.45) is -0.549. The van der Waals surface area contributed by atoms with Crippen LogP contribution in [-0.4, -0.2) is 57.2 Å². The predicted molar refractivity (Wildman–Crippen MR) is 126 cm³/mol. The van der Waals surface area contributed by atoms with Crippen molar-refractivity contribution < 1.29 is 28.6 Å². The minimum absolute atomic E-state index is 0.0230. The molecule has 0 bridgehead atoms. The molecule has 12 nitrogen and oxygen atoms in total. The molecule has 1 aromatic heterocycles. The van der Waals surface area contributed by atoms with Crippen molar-refractivity contribution in [2.24, 2.45) is 11.7 Å². The molecule has 0 spiro atoms. The number of aliphatic hydroxyl groups is 1. The summed E-state index contributed by atoms with van der Waals surface area (Å²) in [5.74, 6) is -3.75. The fourth-order valence-electron chi connectivity index (χ4n) is 3.21. The summed E-state index contributed by atoms with van der Waals surface area (Å²) in [6.45, 7) is 2.33. The van der Waals surface area contributed by atoms with Gasteiger partial charge in [-0.3, -0.25) is 28.7 Å². The number of ether oxygens (including phenoxy) is 1. The number of carbonyl (C=O) groups excluding carboxylic acids is 3. The summed E-state index contributed by atoms with van der Waals surface area (Å²) in [5, 5.41) is 15.1. The van der Waals surface area contributed by atoms with Gasteiger partial charge >= 0.3 is 11.7 Å². The lowest BCUT2D eigenvalue weighted by molar-refractivity contribution is -0.147. The number of aromatic amines is 1. The number of nitrogens with one attached hydrogen (secondary N) is 3. The van der Waals surface area contributed by atoms with Gasteiger partial charge < -0.3 is 26.2 Å². The SMILES string of the molecule is CC(C)C[C@H](NC(=O)[C@@H](O)[C@H](N)Cc1ccccc1)C(=O)NCC(=O)OCn1cc(F)c(=O)[nH]c1=O. The largest absolute Gasteiger partial charge is 0.442 e. The average molecular weight is 508 g/mol. The van der Waals surface area contributed by atoms with E-state index >= 15 is 0 Å². The molecule has 1 heterocycles. The lowest BCUT2D eigenvalue weighted by atomic mass is 9.99. The van der Waals surface area contributed by atoms with Gasteiger partial charge in [0, 0.05) is 6.04 Å². The number of halogens is 1. The number of amides is 2. The Morgan fingerprint density at radius 3 is 2.47 bits per heavy atom. The highest BCUT2D eigenvalue weighted by molar-refractivity contribution is 5.91. The van der Waals surface area contributed by atoms with Gasteiger partial charge in [-0.25, -0.2) is 4.79 Å². The minimum Gasteiger partial charge on any atom is -0.442 e. The molecule has 1 aromatic carbocycles. The van der Waals surface area contributed by atoms with Crippen molar-refractivity contribution >= 4 is 17.8 Å². The summed E-state index contributed by atoms with van der Waals surface area (Å²) in [5.41, 5.74) is 4.61. The van der Waals surface area contributed by atoms with E-state index in [1.54, 1.807) is 17.1 Å². The molecule has 2 rings (SSSR count). The zero-order chi connectivity index (χ0) is 26.8. The fraction of sp³-hybridized carbons (Fsp3) is 0.435. The van der Waals surface area contributed by atoms with Crippen LogP contribution in [0.25, 0.3) is 0 Å². The van der Waals surface area contributed by atoms with Crippen molar-refractivity contribution in [2.75, 3.05) is 6.54 Å². The van der Waals surface area contributed by atoms with Crippen LogP contribution in [0.3, 0.4) is 0 Å². The molecule has 0 saturated heterocycles. The maximum absolute atomic E-state index is 13.3.